The molecule has 0 bridgehead atoms. The van der Waals surface area contributed by atoms with Crippen LogP contribution >= 0.6 is 0 Å². The van der Waals surface area contributed by atoms with Crippen LogP contribution < -0.4 is 5.32 Å². The molecule has 0 aliphatic rings. The summed E-state index contributed by atoms with van der Waals surface area (Å²) in [6.45, 7) is 1.96. The summed E-state index contributed by atoms with van der Waals surface area (Å²) in [6, 6.07) is 6.67. The Morgan fingerprint density at radius 2 is 2.14 bits per heavy atom. The second-order valence-corrected chi connectivity index (χ2v) is 4.63. The second kappa shape index (κ2) is 5.20. The monoisotopic (exact) mass is 283 g/mol. The highest BCUT2D eigenvalue weighted by Crippen LogP contribution is 2.30. The zero-order valence-corrected chi connectivity index (χ0v) is 11.3. The molecule has 7 nitrogen and oxygen atoms in total. The normalized spacial score (nSPS) is 12.2. The van der Waals surface area contributed by atoms with Crippen molar-refractivity contribution in [2.75, 3.05) is 5.32 Å². The summed E-state index contributed by atoms with van der Waals surface area (Å²) < 4.78 is 0. The lowest BCUT2D eigenvalue weighted by molar-refractivity contribution is -0.383. The van der Waals surface area contributed by atoms with Crippen LogP contribution in [0.25, 0.3) is 10.9 Å². The molecule has 0 saturated carbocycles. The highest BCUT2D eigenvalue weighted by Gasteiger charge is 2.16. The van der Waals surface area contributed by atoms with Crippen molar-refractivity contribution >= 4 is 22.3 Å². The number of imidazole rings is 1. The van der Waals surface area contributed by atoms with E-state index in [0.29, 0.717) is 10.9 Å². The number of fused-ring (bicyclic) bond motifs is 1. The molecule has 0 radical (unpaired) electrons. The van der Waals surface area contributed by atoms with Gasteiger partial charge in [-0.1, -0.05) is 12.1 Å². The Balaban J connectivity index is 2.03. The first-order chi connectivity index (χ1) is 10.2. The maximum atomic E-state index is 11.1. The van der Waals surface area contributed by atoms with E-state index in [2.05, 4.69) is 20.3 Å². The Hall–Kier alpha value is -2.96. The predicted octanol–water partition coefficient (Wildman–Crippen LogP) is 3.04. The summed E-state index contributed by atoms with van der Waals surface area (Å²) >= 11 is 0. The Labute approximate surface area is 120 Å². The topological polar surface area (TPSA) is 96.7 Å². The van der Waals surface area contributed by atoms with Gasteiger partial charge in [-0.25, -0.2) is 9.97 Å². The molecule has 0 fully saturated rings. The van der Waals surface area contributed by atoms with Crippen LogP contribution in [0.5, 0.6) is 0 Å². The van der Waals surface area contributed by atoms with Crippen molar-refractivity contribution in [2.45, 2.75) is 13.0 Å². The molecule has 0 aliphatic carbocycles. The van der Waals surface area contributed by atoms with E-state index in [1.54, 1.807) is 30.7 Å². The van der Waals surface area contributed by atoms with Gasteiger partial charge in [0.15, 0.2) is 0 Å². The van der Waals surface area contributed by atoms with Crippen molar-refractivity contribution in [2.24, 2.45) is 0 Å². The van der Waals surface area contributed by atoms with Gasteiger partial charge in [0.2, 0.25) is 0 Å². The maximum absolute atomic E-state index is 11.1. The van der Waals surface area contributed by atoms with Crippen molar-refractivity contribution in [3.63, 3.8) is 0 Å². The maximum Gasteiger partial charge on any atom is 0.295 e. The van der Waals surface area contributed by atoms with Gasteiger partial charge in [-0.3, -0.25) is 10.1 Å². The molecule has 1 atom stereocenters. The van der Waals surface area contributed by atoms with Crippen LogP contribution in [0.2, 0.25) is 0 Å². The Bertz CT molecular complexity index is 785. The third-order valence-corrected chi connectivity index (χ3v) is 3.25. The Morgan fingerprint density at radius 1 is 1.29 bits per heavy atom. The number of hydrogen-bond donors (Lipinski definition) is 2. The SMILES string of the molecule is CC(Nc1ccnc2c([N+](=O)[O-])cccc12)c1ncc[nH]1. The van der Waals surface area contributed by atoms with E-state index >= 15 is 0 Å². The molecule has 3 aromatic rings. The fraction of sp³-hybridized carbons (Fsp3) is 0.143. The fourth-order valence-electron chi connectivity index (χ4n) is 2.25. The van der Waals surface area contributed by atoms with E-state index in [0.717, 1.165) is 11.5 Å². The van der Waals surface area contributed by atoms with Crippen molar-refractivity contribution in [1.29, 1.82) is 0 Å². The van der Waals surface area contributed by atoms with Crippen LogP contribution in [0.3, 0.4) is 0 Å². The summed E-state index contributed by atoms with van der Waals surface area (Å²) in [7, 11) is 0. The fourth-order valence-corrected chi connectivity index (χ4v) is 2.25. The van der Waals surface area contributed by atoms with Gasteiger partial charge in [-0.2, -0.15) is 0 Å². The molecule has 106 valence electrons. The average Bonchev–Trinajstić information content (AvgIpc) is 3.01. The van der Waals surface area contributed by atoms with Crippen LogP contribution in [0.4, 0.5) is 11.4 Å². The summed E-state index contributed by atoms with van der Waals surface area (Å²) in [5.74, 6) is 0.797. The zero-order chi connectivity index (χ0) is 14.8. The molecule has 3 rings (SSSR count). The van der Waals surface area contributed by atoms with E-state index in [9.17, 15) is 10.1 Å². The number of nitrogens with one attached hydrogen (secondary N) is 2. The Kier molecular flexibility index (Phi) is 3.23. The molecule has 0 amide bonds. The quantitative estimate of drug-likeness (QED) is 0.566. The first-order valence-corrected chi connectivity index (χ1v) is 6.45. The minimum Gasteiger partial charge on any atom is -0.375 e. The summed E-state index contributed by atoms with van der Waals surface area (Å²) in [4.78, 5) is 22.0. The molecule has 0 spiro atoms. The van der Waals surface area contributed by atoms with Crippen LogP contribution in [-0.2, 0) is 0 Å². The van der Waals surface area contributed by atoms with E-state index in [1.807, 2.05) is 13.0 Å². The largest absolute Gasteiger partial charge is 0.375 e. The van der Waals surface area contributed by atoms with E-state index in [-0.39, 0.29) is 11.7 Å². The van der Waals surface area contributed by atoms with Crippen molar-refractivity contribution in [3.8, 4) is 0 Å². The number of aromatic nitrogens is 3. The van der Waals surface area contributed by atoms with Gasteiger partial charge in [0.25, 0.3) is 5.69 Å². The second-order valence-electron chi connectivity index (χ2n) is 4.63. The van der Waals surface area contributed by atoms with Crippen LogP contribution in [0.1, 0.15) is 18.8 Å². The molecule has 0 saturated heterocycles. The molecule has 2 heterocycles. The van der Waals surface area contributed by atoms with Gasteiger partial charge in [0, 0.05) is 35.7 Å². The zero-order valence-electron chi connectivity index (χ0n) is 11.3. The number of anilines is 1. The van der Waals surface area contributed by atoms with Crippen LogP contribution in [-0.4, -0.2) is 19.9 Å². The lowest BCUT2D eigenvalue weighted by Crippen LogP contribution is -2.09. The molecule has 2 N–H and O–H groups in total. The standard InChI is InChI=1S/C14H13N5O2/c1-9(14-16-7-8-17-14)18-11-5-6-15-13-10(11)3-2-4-12(13)19(20)21/h2-9H,1H3,(H,15,18)(H,16,17). The van der Waals surface area contributed by atoms with Gasteiger partial charge in [0.05, 0.1) is 11.0 Å². The molecule has 2 aromatic heterocycles. The van der Waals surface area contributed by atoms with E-state index in [4.69, 9.17) is 0 Å². The summed E-state index contributed by atoms with van der Waals surface area (Å²) in [5, 5.41) is 15.1. The molecule has 0 aliphatic heterocycles. The van der Waals surface area contributed by atoms with Gasteiger partial charge >= 0.3 is 0 Å². The minimum absolute atomic E-state index is 0.00167. The molecule has 1 unspecified atom stereocenters. The highest BCUT2D eigenvalue weighted by molar-refractivity contribution is 5.96. The number of pyridine rings is 1. The number of hydrogen-bond acceptors (Lipinski definition) is 5. The van der Waals surface area contributed by atoms with Gasteiger partial charge in [0.1, 0.15) is 11.3 Å². The number of nitro benzene ring substituents is 1. The lowest BCUT2D eigenvalue weighted by Gasteiger charge is -2.14. The Morgan fingerprint density at radius 3 is 2.86 bits per heavy atom. The third kappa shape index (κ3) is 2.40. The number of rotatable bonds is 4. The van der Waals surface area contributed by atoms with E-state index in [1.165, 1.54) is 6.07 Å². The van der Waals surface area contributed by atoms with Crippen LogP contribution in [0.15, 0.2) is 42.9 Å². The van der Waals surface area contributed by atoms with Crippen molar-refractivity contribution in [3.05, 3.63) is 58.8 Å². The number of para-hydroxylation sites is 1. The van der Waals surface area contributed by atoms with E-state index < -0.39 is 4.92 Å². The number of benzene rings is 1. The first kappa shape index (κ1) is 13.0. The summed E-state index contributed by atoms with van der Waals surface area (Å²) in [5.41, 5.74) is 1.16. The molecule has 1 aromatic carbocycles. The molecular formula is C14H13N5O2. The molecular weight excluding hydrogens is 270 g/mol. The van der Waals surface area contributed by atoms with Gasteiger partial charge in [-0.05, 0) is 13.0 Å². The highest BCUT2D eigenvalue weighted by atomic mass is 16.6. The third-order valence-electron chi connectivity index (χ3n) is 3.25. The molecule has 21 heavy (non-hydrogen) atoms. The van der Waals surface area contributed by atoms with Crippen molar-refractivity contribution in [1.82, 2.24) is 15.0 Å². The first-order valence-electron chi connectivity index (χ1n) is 6.45. The summed E-state index contributed by atoms with van der Waals surface area (Å²) in [6.07, 6.45) is 5.00. The predicted molar refractivity (Wildman–Crippen MR) is 79.0 cm³/mol. The number of nitrogens with zero attached hydrogens (tertiary/aromatic N) is 3. The number of H-pyrrole nitrogens is 1. The smallest absolute Gasteiger partial charge is 0.295 e. The average molecular weight is 283 g/mol. The number of non-ortho nitro benzene ring substituents is 1. The number of aromatic amines is 1. The van der Waals surface area contributed by atoms with Crippen molar-refractivity contribution < 1.29 is 4.92 Å². The number of nitro groups is 1. The molecule has 7 heteroatoms. The lowest BCUT2D eigenvalue weighted by atomic mass is 10.1. The van der Waals surface area contributed by atoms with Gasteiger partial charge < -0.3 is 10.3 Å². The van der Waals surface area contributed by atoms with Crippen LogP contribution in [0, 0.1) is 10.1 Å². The minimum atomic E-state index is -0.422. The van der Waals surface area contributed by atoms with Gasteiger partial charge in [-0.15, -0.1) is 0 Å².